The van der Waals surface area contributed by atoms with E-state index in [1.54, 1.807) is 42.0 Å². The SMILES string of the molecule is COc1ccc(COC(=O)c2ccccc2C#CCN2C(=O)CC2SC)cc1. The summed E-state index contributed by atoms with van der Waals surface area (Å²) in [5, 5.41) is 0.200. The molecule has 0 bridgehead atoms. The molecule has 0 aromatic heterocycles. The number of hydrogen-bond donors (Lipinski definition) is 0. The molecule has 2 aromatic rings. The summed E-state index contributed by atoms with van der Waals surface area (Å²) < 4.78 is 10.5. The predicted molar refractivity (Wildman–Crippen MR) is 109 cm³/mol. The number of hydrogen-bond acceptors (Lipinski definition) is 5. The number of rotatable bonds is 6. The van der Waals surface area contributed by atoms with Gasteiger partial charge in [-0.15, -0.1) is 11.8 Å². The topological polar surface area (TPSA) is 55.8 Å². The van der Waals surface area contributed by atoms with E-state index in [4.69, 9.17) is 9.47 Å². The van der Waals surface area contributed by atoms with Crippen molar-refractivity contribution in [2.75, 3.05) is 19.9 Å². The Bertz CT molecular complexity index is 914. The normalized spacial score (nSPS) is 15.3. The number of ether oxygens (including phenoxy) is 2. The molecule has 1 fully saturated rings. The summed E-state index contributed by atoms with van der Waals surface area (Å²) in [6.07, 6.45) is 2.54. The summed E-state index contributed by atoms with van der Waals surface area (Å²) in [4.78, 5) is 25.9. The molecule has 1 atom stereocenters. The number of amides is 1. The first-order chi connectivity index (χ1) is 13.6. The lowest BCUT2D eigenvalue weighted by atomic mass is 10.1. The summed E-state index contributed by atoms with van der Waals surface area (Å²) in [6, 6.07) is 14.4. The number of nitrogens with zero attached hydrogens (tertiary/aromatic N) is 1. The van der Waals surface area contributed by atoms with E-state index in [9.17, 15) is 9.59 Å². The van der Waals surface area contributed by atoms with E-state index >= 15 is 0 Å². The number of carbonyl (C=O) groups excluding carboxylic acids is 2. The fraction of sp³-hybridized carbons (Fsp3) is 0.273. The Morgan fingerprint density at radius 3 is 2.64 bits per heavy atom. The largest absolute Gasteiger partial charge is 0.497 e. The van der Waals surface area contributed by atoms with Crippen molar-refractivity contribution in [2.45, 2.75) is 18.4 Å². The van der Waals surface area contributed by atoms with Crippen molar-refractivity contribution in [3.63, 3.8) is 0 Å². The van der Waals surface area contributed by atoms with E-state index in [2.05, 4.69) is 11.8 Å². The van der Waals surface area contributed by atoms with Crippen molar-refractivity contribution in [3.05, 3.63) is 65.2 Å². The van der Waals surface area contributed by atoms with Crippen LogP contribution in [0.2, 0.25) is 0 Å². The molecule has 3 rings (SSSR count). The zero-order valence-corrected chi connectivity index (χ0v) is 16.6. The molecule has 5 nitrogen and oxygen atoms in total. The van der Waals surface area contributed by atoms with Crippen molar-refractivity contribution in [3.8, 4) is 17.6 Å². The maximum Gasteiger partial charge on any atom is 0.339 e. The van der Waals surface area contributed by atoms with Gasteiger partial charge in [-0.05, 0) is 36.1 Å². The molecule has 1 unspecified atom stereocenters. The highest BCUT2D eigenvalue weighted by atomic mass is 32.2. The van der Waals surface area contributed by atoms with Crippen LogP contribution in [0.1, 0.15) is 27.9 Å². The minimum atomic E-state index is -0.428. The van der Waals surface area contributed by atoms with Gasteiger partial charge in [0.25, 0.3) is 0 Å². The molecule has 0 N–H and O–H groups in total. The lowest BCUT2D eigenvalue weighted by Crippen LogP contribution is -2.50. The second-order valence-corrected chi connectivity index (χ2v) is 7.20. The van der Waals surface area contributed by atoms with Crippen LogP contribution in [0.3, 0.4) is 0 Å². The lowest BCUT2D eigenvalue weighted by Gasteiger charge is -2.37. The molecule has 1 heterocycles. The van der Waals surface area contributed by atoms with Gasteiger partial charge in [-0.1, -0.05) is 36.1 Å². The molecule has 2 aromatic carbocycles. The summed E-state index contributed by atoms with van der Waals surface area (Å²) in [6.45, 7) is 0.530. The molecular formula is C22H21NO4S. The van der Waals surface area contributed by atoms with Gasteiger partial charge in [-0.3, -0.25) is 4.79 Å². The number of esters is 1. The summed E-state index contributed by atoms with van der Waals surface area (Å²) >= 11 is 1.64. The van der Waals surface area contributed by atoms with E-state index in [-0.39, 0.29) is 17.9 Å². The Kier molecular flexibility index (Phi) is 6.62. The number of thioether (sulfide) groups is 1. The number of β-lactam (4-membered cyclic amide) rings is 1. The maximum atomic E-state index is 12.5. The van der Waals surface area contributed by atoms with Crippen molar-refractivity contribution in [2.24, 2.45) is 0 Å². The molecule has 0 spiro atoms. The minimum Gasteiger partial charge on any atom is -0.497 e. The average Bonchev–Trinajstić information content (AvgIpc) is 2.73. The summed E-state index contributed by atoms with van der Waals surface area (Å²) in [5.41, 5.74) is 1.88. The van der Waals surface area contributed by atoms with E-state index in [1.807, 2.05) is 36.6 Å². The van der Waals surface area contributed by atoms with E-state index in [0.717, 1.165) is 11.3 Å². The first-order valence-corrected chi connectivity index (χ1v) is 10.1. The Hall–Kier alpha value is -2.91. The maximum absolute atomic E-state index is 12.5. The van der Waals surface area contributed by atoms with Crippen molar-refractivity contribution >= 4 is 23.6 Å². The minimum absolute atomic E-state index is 0.112. The Balaban J connectivity index is 1.63. The van der Waals surface area contributed by atoms with E-state index < -0.39 is 5.97 Å². The smallest absolute Gasteiger partial charge is 0.339 e. The second-order valence-electron chi connectivity index (χ2n) is 6.19. The zero-order chi connectivity index (χ0) is 19.9. The quantitative estimate of drug-likeness (QED) is 0.427. The predicted octanol–water partition coefficient (Wildman–Crippen LogP) is 3.33. The molecule has 1 aliphatic rings. The van der Waals surface area contributed by atoms with Crippen molar-refractivity contribution in [1.82, 2.24) is 4.90 Å². The molecule has 1 amide bonds. The molecule has 1 aliphatic heterocycles. The van der Waals surface area contributed by atoms with Gasteiger partial charge in [0.15, 0.2) is 0 Å². The summed E-state index contributed by atoms with van der Waals surface area (Å²) in [5.74, 6) is 6.44. The lowest BCUT2D eigenvalue weighted by molar-refractivity contribution is -0.140. The van der Waals surface area contributed by atoms with Gasteiger partial charge in [0, 0.05) is 5.56 Å². The highest BCUT2D eigenvalue weighted by molar-refractivity contribution is 7.99. The van der Waals surface area contributed by atoms with Gasteiger partial charge in [0.05, 0.1) is 31.0 Å². The van der Waals surface area contributed by atoms with Crippen molar-refractivity contribution in [1.29, 1.82) is 0 Å². The highest BCUT2D eigenvalue weighted by Crippen LogP contribution is 2.26. The second kappa shape index (κ2) is 9.34. The van der Waals surface area contributed by atoms with Gasteiger partial charge >= 0.3 is 5.97 Å². The molecule has 0 aliphatic carbocycles. The Morgan fingerprint density at radius 1 is 1.21 bits per heavy atom. The Morgan fingerprint density at radius 2 is 1.96 bits per heavy atom. The van der Waals surface area contributed by atoms with Gasteiger partial charge in [0.1, 0.15) is 12.4 Å². The first kappa shape index (κ1) is 19.8. The number of likely N-dealkylation sites (tertiary alicyclic amines) is 1. The van der Waals surface area contributed by atoms with Crippen LogP contribution in [0.15, 0.2) is 48.5 Å². The van der Waals surface area contributed by atoms with E-state index in [1.165, 1.54) is 0 Å². The van der Waals surface area contributed by atoms with Gasteiger partial charge in [-0.2, -0.15) is 0 Å². The third kappa shape index (κ3) is 4.68. The monoisotopic (exact) mass is 395 g/mol. The van der Waals surface area contributed by atoms with Crippen molar-refractivity contribution < 1.29 is 19.1 Å². The molecule has 0 saturated carbocycles. The van der Waals surface area contributed by atoms with Gasteiger partial charge in [-0.25, -0.2) is 4.79 Å². The Labute approximate surface area is 169 Å². The average molecular weight is 395 g/mol. The molecule has 1 saturated heterocycles. The van der Waals surface area contributed by atoms with Crippen LogP contribution in [0.25, 0.3) is 0 Å². The van der Waals surface area contributed by atoms with Crippen LogP contribution in [0, 0.1) is 11.8 Å². The van der Waals surface area contributed by atoms with Crippen LogP contribution in [0.4, 0.5) is 0 Å². The van der Waals surface area contributed by atoms with Crippen LogP contribution < -0.4 is 4.74 Å². The van der Waals surface area contributed by atoms with Gasteiger partial charge < -0.3 is 14.4 Å². The fourth-order valence-electron chi connectivity index (χ4n) is 2.76. The number of methoxy groups -OCH3 is 1. The van der Waals surface area contributed by atoms with Crippen LogP contribution in [-0.2, 0) is 16.1 Å². The third-order valence-corrected chi connectivity index (χ3v) is 5.40. The summed E-state index contributed by atoms with van der Waals surface area (Å²) in [7, 11) is 1.60. The zero-order valence-electron chi connectivity index (χ0n) is 15.8. The number of benzene rings is 2. The van der Waals surface area contributed by atoms with Crippen LogP contribution >= 0.6 is 11.8 Å². The standard InChI is InChI=1S/C22H21NO4S/c1-26-18-11-9-16(10-12-18)15-27-22(25)19-8-4-3-6-17(19)7-5-13-23-20(24)14-21(23)28-2/h3-4,6,8-12,21H,13-15H2,1-2H3. The molecule has 144 valence electrons. The van der Waals surface area contributed by atoms with Gasteiger partial charge in [0.2, 0.25) is 5.91 Å². The highest BCUT2D eigenvalue weighted by Gasteiger charge is 2.34. The molecule has 6 heteroatoms. The fourth-order valence-corrected chi connectivity index (χ4v) is 3.52. The number of carbonyl (C=O) groups is 2. The molecular weight excluding hydrogens is 374 g/mol. The van der Waals surface area contributed by atoms with Crippen LogP contribution in [0.5, 0.6) is 5.75 Å². The first-order valence-electron chi connectivity index (χ1n) is 8.82. The molecule has 28 heavy (non-hydrogen) atoms. The molecule has 0 radical (unpaired) electrons. The van der Waals surface area contributed by atoms with Crippen LogP contribution in [-0.4, -0.2) is 42.1 Å². The third-order valence-electron chi connectivity index (χ3n) is 4.44. The van der Waals surface area contributed by atoms with E-state index in [0.29, 0.717) is 24.1 Å².